The first-order valence-electron chi connectivity index (χ1n) is 5.37. The Balaban J connectivity index is 2.86. The van der Waals surface area contributed by atoms with Crippen molar-refractivity contribution >= 4 is 10.9 Å². The van der Waals surface area contributed by atoms with E-state index in [0.29, 0.717) is 5.56 Å². The van der Waals surface area contributed by atoms with E-state index in [9.17, 15) is 5.26 Å². The molecular weight excluding hydrogens is 214 g/mol. The maximum absolute atomic E-state index is 9.25. The topological polar surface area (TPSA) is 41.2 Å². The Labute approximate surface area is 101 Å². The fraction of sp³-hybridized carbons (Fsp3) is 0.308. The zero-order valence-electron chi connectivity index (χ0n) is 10.5. The second kappa shape index (κ2) is 4.02. The summed E-state index contributed by atoms with van der Waals surface area (Å²) in [6, 6.07) is 8.05. The third-order valence-corrected chi connectivity index (χ3v) is 2.89. The van der Waals surface area contributed by atoms with Gasteiger partial charge in [0.15, 0.2) is 0 Å². The van der Waals surface area contributed by atoms with Gasteiger partial charge in [0.2, 0.25) is 0 Å². The molecule has 4 nitrogen and oxygen atoms in total. The van der Waals surface area contributed by atoms with E-state index >= 15 is 0 Å². The van der Waals surface area contributed by atoms with Crippen molar-refractivity contribution in [2.45, 2.75) is 6.92 Å². The average Bonchev–Trinajstić information content (AvgIpc) is 2.59. The van der Waals surface area contributed by atoms with Gasteiger partial charge in [-0.25, -0.2) is 0 Å². The third kappa shape index (κ3) is 1.60. The number of ether oxygens (including phenoxy) is 1. The standard InChI is InChI=1S/C13H15N3O/c1-9-12(8-14)11-7-10(17-4)5-6-13(11)16(9)15(2)3/h5-7H,1-4H3. The van der Waals surface area contributed by atoms with Crippen LogP contribution in [0.4, 0.5) is 0 Å². The summed E-state index contributed by atoms with van der Waals surface area (Å²) in [7, 11) is 5.54. The summed E-state index contributed by atoms with van der Waals surface area (Å²) >= 11 is 0. The summed E-state index contributed by atoms with van der Waals surface area (Å²) in [5.41, 5.74) is 2.67. The van der Waals surface area contributed by atoms with Crippen LogP contribution in [0.2, 0.25) is 0 Å². The molecule has 0 atom stereocenters. The average molecular weight is 229 g/mol. The van der Waals surface area contributed by atoms with Gasteiger partial charge in [-0.2, -0.15) is 5.26 Å². The molecule has 0 amide bonds. The Kier molecular flexibility index (Phi) is 2.68. The van der Waals surface area contributed by atoms with E-state index in [1.165, 1.54) is 0 Å². The zero-order valence-corrected chi connectivity index (χ0v) is 10.5. The first kappa shape index (κ1) is 11.3. The number of hydrogen-bond acceptors (Lipinski definition) is 3. The van der Waals surface area contributed by atoms with Crippen molar-refractivity contribution in [3.8, 4) is 11.8 Å². The van der Waals surface area contributed by atoms with Crippen LogP contribution in [-0.4, -0.2) is 25.9 Å². The van der Waals surface area contributed by atoms with Gasteiger partial charge in [0.25, 0.3) is 0 Å². The SMILES string of the molecule is COc1ccc2c(c1)c(C#N)c(C)n2N(C)C. The zero-order chi connectivity index (χ0) is 12.6. The highest BCUT2D eigenvalue weighted by Crippen LogP contribution is 2.28. The van der Waals surface area contributed by atoms with Gasteiger partial charge in [-0.3, -0.25) is 4.68 Å². The van der Waals surface area contributed by atoms with Gasteiger partial charge >= 0.3 is 0 Å². The van der Waals surface area contributed by atoms with Gasteiger partial charge in [0.05, 0.1) is 23.9 Å². The molecule has 2 rings (SSSR count). The van der Waals surface area contributed by atoms with Gasteiger partial charge in [0, 0.05) is 19.5 Å². The second-order valence-corrected chi connectivity index (χ2v) is 4.11. The van der Waals surface area contributed by atoms with Crippen LogP contribution in [0.5, 0.6) is 5.75 Å². The highest BCUT2D eigenvalue weighted by atomic mass is 16.5. The van der Waals surface area contributed by atoms with Crippen LogP contribution in [0.3, 0.4) is 0 Å². The predicted molar refractivity (Wildman–Crippen MR) is 68.0 cm³/mol. The fourth-order valence-corrected chi connectivity index (χ4v) is 2.17. The minimum atomic E-state index is 0.701. The highest BCUT2D eigenvalue weighted by molar-refractivity contribution is 5.89. The van der Waals surface area contributed by atoms with Gasteiger partial charge in [-0.15, -0.1) is 0 Å². The third-order valence-electron chi connectivity index (χ3n) is 2.89. The van der Waals surface area contributed by atoms with Crippen LogP contribution in [-0.2, 0) is 0 Å². The van der Waals surface area contributed by atoms with Gasteiger partial charge in [-0.1, -0.05) is 0 Å². The number of methoxy groups -OCH3 is 1. The van der Waals surface area contributed by atoms with Gasteiger partial charge in [0.1, 0.15) is 11.8 Å². The van der Waals surface area contributed by atoms with Gasteiger partial charge < -0.3 is 9.75 Å². The summed E-state index contributed by atoms with van der Waals surface area (Å²) < 4.78 is 7.22. The van der Waals surface area contributed by atoms with Crippen molar-refractivity contribution in [3.05, 3.63) is 29.5 Å². The normalized spacial score (nSPS) is 10.3. The summed E-state index contributed by atoms with van der Waals surface area (Å²) in [5, 5.41) is 12.1. The molecule has 0 spiro atoms. The number of nitriles is 1. The molecule has 0 fully saturated rings. The maximum atomic E-state index is 9.25. The Hall–Kier alpha value is -2.15. The molecule has 0 saturated heterocycles. The molecule has 88 valence electrons. The number of rotatable bonds is 2. The van der Waals surface area contributed by atoms with Crippen molar-refractivity contribution in [2.24, 2.45) is 0 Å². The lowest BCUT2D eigenvalue weighted by atomic mass is 10.1. The number of nitrogens with zero attached hydrogens (tertiary/aromatic N) is 3. The smallest absolute Gasteiger partial charge is 0.119 e. The van der Waals surface area contributed by atoms with Crippen molar-refractivity contribution in [2.75, 3.05) is 26.2 Å². The number of benzene rings is 1. The van der Waals surface area contributed by atoms with Crippen molar-refractivity contribution in [1.29, 1.82) is 5.26 Å². The Morgan fingerprint density at radius 1 is 1.35 bits per heavy atom. The molecule has 0 saturated carbocycles. The molecule has 0 aliphatic heterocycles. The Morgan fingerprint density at radius 3 is 2.59 bits per heavy atom. The minimum Gasteiger partial charge on any atom is -0.497 e. The first-order chi connectivity index (χ1) is 8.10. The van der Waals surface area contributed by atoms with E-state index in [-0.39, 0.29) is 0 Å². The van der Waals surface area contributed by atoms with Crippen molar-refractivity contribution in [3.63, 3.8) is 0 Å². The van der Waals surface area contributed by atoms with Crippen LogP contribution < -0.4 is 9.75 Å². The van der Waals surface area contributed by atoms with Crippen LogP contribution >= 0.6 is 0 Å². The fourth-order valence-electron chi connectivity index (χ4n) is 2.17. The Bertz CT molecular complexity index is 605. The number of fused-ring (bicyclic) bond motifs is 1. The molecule has 0 radical (unpaired) electrons. The molecule has 0 N–H and O–H groups in total. The molecule has 0 unspecified atom stereocenters. The Morgan fingerprint density at radius 2 is 2.06 bits per heavy atom. The number of hydrogen-bond donors (Lipinski definition) is 0. The summed E-state index contributed by atoms with van der Waals surface area (Å²) in [6.07, 6.45) is 0. The molecule has 4 heteroatoms. The van der Waals surface area contributed by atoms with Crippen molar-refractivity contribution in [1.82, 2.24) is 4.68 Å². The molecule has 0 bridgehead atoms. The summed E-state index contributed by atoms with van der Waals surface area (Å²) in [5.74, 6) is 0.768. The molecule has 0 aliphatic rings. The van der Waals surface area contributed by atoms with Crippen LogP contribution in [0, 0.1) is 18.3 Å². The molecule has 1 heterocycles. The van der Waals surface area contributed by atoms with Crippen LogP contribution in [0.1, 0.15) is 11.3 Å². The lowest BCUT2D eigenvalue weighted by Gasteiger charge is -2.18. The monoisotopic (exact) mass is 229 g/mol. The lowest BCUT2D eigenvalue weighted by molar-refractivity contribution is 0.415. The van der Waals surface area contributed by atoms with Gasteiger partial charge in [-0.05, 0) is 25.1 Å². The van der Waals surface area contributed by atoms with E-state index in [4.69, 9.17) is 4.74 Å². The van der Waals surface area contributed by atoms with E-state index in [1.807, 2.05) is 48.9 Å². The minimum absolute atomic E-state index is 0.701. The van der Waals surface area contributed by atoms with E-state index in [0.717, 1.165) is 22.3 Å². The summed E-state index contributed by atoms with van der Waals surface area (Å²) in [6.45, 7) is 1.95. The first-order valence-corrected chi connectivity index (χ1v) is 5.37. The molecule has 2 aromatic rings. The summed E-state index contributed by atoms with van der Waals surface area (Å²) in [4.78, 5) is 0. The maximum Gasteiger partial charge on any atom is 0.119 e. The second-order valence-electron chi connectivity index (χ2n) is 4.11. The molecule has 1 aromatic heterocycles. The van der Waals surface area contributed by atoms with Crippen molar-refractivity contribution < 1.29 is 4.74 Å². The lowest BCUT2D eigenvalue weighted by Crippen LogP contribution is -2.25. The van der Waals surface area contributed by atoms with E-state index < -0.39 is 0 Å². The molecule has 1 aromatic carbocycles. The predicted octanol–water partition coefficient (Wildman–Crippen LogP) is 2.03. The highest BCUT2D eigenvalue weighted by Gasteiger charge is 2.15. The molecule has 0 aliphatic carbocycles. The van der Waals surface area contributed by atoms with Crippen LogP contribution in [0.25, 0.3) is 10.9 Å². The molecule has 17 heavy (non-hydrogen) atoms. The van der Waals surface area contributed by atoms with E-state index in [2.05, 4.69) is 6.07 Å². The number of aromatic nitrogens is 1. The van der Waals surface area contributed by atoms with E-state index in [1.54, 1.807) is 7.11 Å². The van der Waals surface area contributed by atoms with Crippen LogP contribution in [0.15, 0.2) is 18.2 Å². The quantitative estimate of drug-likeness (QED) is 0.791. The largest absolute Gasteiger partial charge is 0.497 e. The molecular formula is C13H15N3O.